The zero-order valence-electron chi connectivity index (χ0n) is 19.3. The molecular weight excluding hydrogens is 451 g/mol. The van der Waals surface area contributed by atoms with Crippen molar-refractivity contribution in [1.29, 1.82) is 0 Å². The SMILES string of the molecule is COCCOCC(=O)Nc1c[nH]c2ccc(OCCC3C[C@@H]4CN(CC(F)(F)F)C[C@@H]4C3)cc12. The highest BCUT2D eigenvalue weighted by molar-refractivity contribution is 6.02. The molecular formula is C24H32F3N3O4. The number of benzene rings is 1. The second kappa shape index (κ2) is 11.0. The lowest BCUT2D eigenvalue weighted by molar-refractivity contribution is -0.144. The zero-order valence-corrected chi connectivity index (χ0v) is 19.3. The van der Waals surface area contributed by atoms with Crippen molar-refractivity contribution in [3.05, 3.63) is 24.4 Å². The Morgan fingerprint density at radius 2 is 1.94 bits per heavy atom. The first kappa shape index (κ1) is 24.8. The molecule has 2 heterocycles. The summed E-state index contributed by atoms with van der Waals surface area (Å²) in [6.07, 6.45) is 0.456. The highest BCUT2D eigenvalue weighted by Gasteiger charge is 2.43. The molecule has 188 valence electrons. The number of likely N-dealkylation sites (tertiary alicyclic amines) is 1. The first-order valence-corrected chi connectivity index (χ1v) is 11.7. The molecule has 2 fully saturated rings. The Bertz CT molecular complexity index is 951. The smallest absolute Gasteiger partial charge is 0.401 e. The van der Waals surface area contributed by atoms with Crippen LogP contribution in [0, 0.1) is 17.8 Å². The Labute approximate surface area is 196 Å². The minimum absolute atomic E-state index is 0.0520. The van der Waals surface area contributed by atoms with Gasteiger partial charge in [0, 0.05) is 37.3 Å². The van der Waals surface area contributed by atoms with E-state index in [1.165, 1.54) is 0 Å². The maximum atomic E-state index is 12.6. The van der Waals surface area contributed by atoms with E-state index in [1.807, 2.05) is 18.2 Å². The summed E-state index contributed by atoms with van der Waals surface area (Å²) in [7, 11) is 1.57. The molecule has 0 radical (unpaired) electrons. The number of aromatic nitrogens is 1. The van der Waals surface area contributed by atoms with E-state index in [2.05, 4.69) is 10.3 Å². The summed E-state index contributed by atoms with van der Waals surface area (Å²) in [5, 5.41) is 3.69. The maximum Gasteiger partial charge on any atom is 0.401 e. The van der Waals surface area contributed by atoms with Gasteiger partial charge < -0.3 is 24.5 Å². The molecule has 7 nitrogen and oxygen atoms in total. The molecule has 2 N–H and O–H groups in total. The fraction of sp³-hybridized carbons (Fsp3) is 0.625. The van der Waals surface area contributed by atoms with E-state index in [4.69, 9.17) is 14.2 Å². The van der Waals surface area contributed by atoms with Crippen LogP contribution in [-0.4, -0.2) is 75.1 Å². The average molecular weight is 484 g/mol. The highest BCUT2D eigenvalue weighted by Crippen LogP contribution is 2.43. The topological polar surface area (TPSA) is 75.8 Å². The lowest BCUT2D eigenvalue weighted by Gasteiger charge is -2.20. The van der Waals surface area contributed by atoms with Crippen molar-refractivity contribution in [3.63, 3.8) is 0 Å². The van der Waals surface area contributed by atoms with Crippen LogP contribution < -0.4 is 10.1 Å². The summed E-state index contributed by atoms with van der Waals surface area (Å²) in [6.45, 7) is 1.60. The van der Waals surface area contributed by atoms with Crippen molar-refractivity contribution in [3.8, 4) is 5.75 Å². The number of alkyl halides is 3. The molecule has 2 aliphatic rings. The van der Waals surface area contributed by atoms with Crippen LogP contribution in [0.1, 0.15) is 19.3 Å². The van der Waals surface area contributed by atoms with Crippen LogP contribution in [0.5, 0.6) is 5.75 Å². The molecule has 1 aromatic heterocycles. The number of hydrogen-bond donors (Lipinski definition) is 2. The van der Waals surface area contributed by atoms with Crippen LogP contribution in [0.3, 0.4) is 0 Å². The van der Waals surface area contributed by atoms with Gasteiger partial charge in [-0.05, 0) is 55.2 Å². The number of methoxy groups -OCH3 is 1. The van der Waals surface area contributed by atoms with Gasteiger partial charge in [0.25, 0.3) is 0 Å². The van der Waals surface area contributed by atoms with Gasteiger partial charge in [0.1, 0.15) is 12.4 Å². The number of carbonyl (C=O) groups excluding carboxylic acids is 1. The molecule has 0 spiro atoms. The Morgan fingerprint density at radius 1 is 1.18 bits per heavy atom. The molecule has 1 saturated carbocycles. The van der Waals surface area contributed by atoms with Crippen LogP contribution >= 0.6 is 0 Å². The third-order valence-electron chi connectivity index (χ3n) is 6.71. The molecule has 3 atom stereocenters. The molecule has 0 bridgehead atoms. The quantitative estimate of drug-likeness (QED) is 0.472. The number of H-pyrrole nitrogens is 1. The Hall–Kier alpha value is -2.30. The second-order valence-corrected chi connectivity index (χ2v) is 9.31. The predicted molar refractivity (Wildman–Crippen MR) is 122 cm³/mol. The predicted octanol–water partition coefficient (Wildman–Crippen LogP) is 4.06. The molecule has 1 amide bonds. The minimum atomic E-state index is -4.12. The van der Waals surface area contributed by atoms with Gasteiger partial charge in [0.2, 0.25) is 5.91 Å². The third kappa shape index (κ3) is 6.64. The van der Waals surface area contributed by atoms with Gasteiger partial charge in [-0.25, -0.2) is 0 Å². The molecule has 1 aromatic carbocycles. The molecule has 1 unspecified atom stereocenters. The molecule has 2 aromatic rings. The number of rotatable bonds is 11. The number of carbonyl (C=O) groups is 1. The first-order valence-electron chi connectivity index (χ1n) is 11.7. The lowest BCUT2D eigenvalue weighted by atomic mass is 10.0. The highest BCUT2D eigenvalue weighted by atomic mass is 19.4. The number of hydrogen-bond acceptors (Lipinski definition) is 5. The Morgan fingerprint density at radius 3 is 2.65 bits per heavy atom. The number of halogens is 3. The van der Waals surface area contributed by atoms with Gasteiger partial charge in [-0.1, -0.05) is 0 Å². The summed E-state index contributed by atoms with van der Waals surface area (Å²) < 4.78 is 54.0. The van der Waals surface area contributed by atoms with Crippen LogP contribution in [0.25, 0.3) is 10.9 Å². The number of anilines is 1. The Kier molecular flexibility index (Phi) is 8.00. The average Bonchev–Trinajstić information content (AvgIpc) is 3.43. The molecule has 1 aliphatic carbocycles. The van der Waals surface area contributed by atoms with Gasteiger partial charge >= 0.3 is 6.18 Å². The van der Waals surface area contributed by atoms with E-state index in [0.717, 1.165) is 30.2 Å². The van der Waals surface area contributed by atoms with Gasteiger partial charge in [0.15, 0.2) is 0 Å². The Balaban J connectivity index is 1.22. The third-order valence-corrected chi connectivity index (χ3v) is 6.71. The number of nitrogens with one attached hydrogen (secondary N) is 2. The number of nitrogens with zero attached hydrogens (tertiary/aromatic N) is 1. The van der Waals surface area contributed by atoms with Crippen molar-refractivity contribution in [2.24, 2.45) is 17.8 Å². The van der Waals surface area contributed by atoms with Gasteiger partial charge in [0.05, 0.1) is 32.1 Å². The van der Waals surface area contributed by atoms with Crippen LogP contribution in [0.4, 0.5) is 18.9 Å². The van der Waals surface area contributed by atoms with E-state index in [9.17, 15) is 18.0 Å². The van der Waals surface area contributed by atoms with Gasteiger partial charge in [-0.3, -0.25) is 9.69 Å². The van der Waals surface area contributed by atoms with Crippen LogP contribution in [0.2, 0.25) is 0 Å². The molecule has 1 aliphatic heterocycles. The van der Waals surface area contributed by atoms with Gasteiger partial charge in [-0.2, -0.15) is 13.2 Å². The van der Waals surface area contributed by atoms with E-state index in [1.54, 1.807) is 18.2 Å². The van der Waals surface area contributed by atoms with Crippen molar-refractivity contribution < 1.29 is 32.2 Å². The summed E-state index contributed by atoms with van der Waals surface area (Å²) in [5.41, 5.74) is 1.54. The van der Waals surface area contributed by atoms with Crippen molar-refractivity contribution in [2.45, 2.75) is 25.4 Å². The number of ether oxygens (including phenoxy) is 3. The number of amides is 1. The fourth-order valence-electron chi connectivity index (χ4n) is 5.27. The number of fused-ring (bicyclic) bond motifs is 2. The van der Waals surface area contributed by atoms with Crippen molar-refractivity contribution >= 4 is 22.5 Å². The van der Waals surface area contributed by atoms with Crippen LogP contribution in [-0.2, 0) is 14.3 Å². The first-order chi connectivity index (χ1) is 16.3. The molecule has 34 heavy (non-hydrogen) atoms. The second-order valence-electron chi connectivity index (χ2n) is 9.31. The summed E-state index contributed by atoms with van der Waals surface area (Å²) >= 11 is 0. The fourth-order valence-corrected chi connectivity index (χ4v) is 5.27. The molecule has 4 rings (SSSR count). The molecule has 1 saturated heterocycles. The van der Waals surface area contributed by atoms with E-state index >= 15 is 0 Å². The minimum Gasteiger partial charge on any atom is -0.494 e. The lowest BCUT2D eigenvalue weighted by Crippen LogP contribution is -2.33. The number of aromatic amines is 1. The van der Waals surface area contributed by atoms with E-state index in [-0.39, 0.29) is 12.5 Å². The van der Waals surface area contributed by atoms with E-state index < -0.39 is 12.7 Å². The zero-order chi connectivity index (χ0) is 24.1. The summed E-state index contributed by atoms with van der Waals surface area (Å²) in [6, 6.07) is 5.69. The summed E-state index contributed by atoms with van der Waals surface area (Å²) in [5.74, 6) is 1.70. The monoisotopic (exact) mass is 483 g/mol. The summed E-state index contributed by atoms with van der Waals surface area (Å²) in [4.78, 5) is 16.8. The molecule has 10 heteroatoms. The van der Waals surface area contributed by atoms with Gasteiger partial charge in [-0.15, -0.1) is 0 Å². The standard InChI is InChI=1S/C24H32F3N3O4/c1-32-6-7-33-14-23(31)29-22-11-28-21-3-2-19(10-20(21)22)34-5-4-16-8-17-12-30(13-18(17)9-16)15-24(25,26)27/h2-3,10-11,16-18,28H,4-9,12-15H2,1H3,(H,29,31)/t16?,17-,18+. The van der Waals surface area contributed by atoms with Crippen molar-refractivity contribution in [2.75, 3.05) is 58.5 Å². The normalized spacial score (nSPS) is 22.9. The maximum absolute atomic E-state index is 12.6. The largest absolute Gasteiger partial charge is 0.494 e. The van der Waals surface area contributed by atoms with E-state index in [0.29, 0.717) is 62.1 Å². The van der Waals surface area contributed by atoms with Crippen LogP contribution in [0.15, 0.2) is 24.4 Å². The van der Waals surface area contributed by atoms with Crippen molar-refractivity contribution in [1.82, 2.24) is 9.88 Å².